The predicted molar refractivity (Wildman–Crippen MR) is 112 cm³/mol. The van der Waals surface area contributed by atoms with Gasteiger partial charge in [0.15, 0.2) is 0 Å². The van der Waals surface area contributed by atoms with E-state index in [1.165, 1.54) is 4.57 Å². The number of aliphatic imine (C=N–C) groups is 1. The van der Waals surface area contributed by atoms with Gasteiger partial charge in [0.1, 0.15) is 11.4 Å². The quantitative estimate of drug-likeness (QED) is 0.766. The number of fused-ring (bicyclic) bond motifs is 1. The van der Waals surface area contributed by atoms with Gasteiger partial charge >= 0.3 is 6.09 Å². The van der Waals surface area contributed by atoms with E-state index in [2.05, 4.69) is 15.3 Å². The Balaban J connectivity index is 2.49. The molecule has 0 saturated carbocycles. The van der Waals surface area contributed by atoms with Crippen molar-refractivity contribution in [3.05, 3.63) is 51.6 Å². The van der Waals surface area contributed by atoms with Crippen LogP contribution in [0.1, 0.15) is 39.6 Å². The van der Waals surface area contributed by atoms with Gasteiger partial charge in [0, 0.05) is 19.8 Å². The van der Waals surface area contributed by atoms with Crippen molar-refractivity contribution in [2.75, 3.05) is 7.05 Å². The van der Waals surface area contributed by atoms with Gasteiger partial charge in [-0.2, -0.15) is 0 Å². The maximum absolute atomic E-state index is 13.1. The van der Waals surface area contributed by atoms with Crippen LogP contribution in [0.25, 0.3) is 10.9 Å². The number of benzene rings is 1. The van der Waals surface area contributed by atoms with Crippen molar-refractivity contribution in [3.63, 3.8) is 0 Å². The van der Waals surface area contributed by atoms with Crippen LogP contribution >= 0.6 is 11.6 Å². The molecule has 1 heterocycles. The van der Waals surface area contributed by atoms with E-state index < -0.39 is 17.7 Å². The highest BCUT2D eigenvalue weighted by Crippen LogP contribution is 2.21. The second-order valence-corrected chi connectivity index (χ2v) is 7.63. The highest BCUT2D eigenvalue weighted by molar-refractivity contribution is 6.35. The summed E-state index contributed by atoms with van der Waals surface area (Å²) in [6.45, 7) is 7.35. The highest BCUT2D eigenvalue weighted by Gasteiger charge is 2.22. The maximum atomic E-state index is 13.1. The Hall–Kier alpha value is -2.67. The summed E-state index contributed by atoms with van der Waals surface area (Å²) in [5.41, 5.74) is -0.432. The van der Waals surface area contributed by atoms with E-state index in [1.807, 2.05) is 0 Å². The van der Waals surface area contributed by atoms with Crippen LogP contribution in [0.2, 0.25) is 5.02 Å². The van der Waals surface area contributed by atoms with Gasteiger partial charge in [0.2, 0.25) is 0 Å². The molecule has 0 aliphatic carbocycles. The van der Waals surface area contributed by atoms with Gasteiger partial charge in [0.25, 0.3) is 5.56 Å². The van der Waals surface area contributed by atoms with Crippen LogP contribution in [0, 0.1) is 0 Å². The Kier molecular flexibility index (Phi) is 6.96. The minimum Gasteiger partial charge on any atom is -0.444 e. The van der Waals surface area contributed by atoms with Gasteiger partial charge in [-0.05, 0) is 45.9 Å². The molecule has 0 aliphatic heterocycles. The van der Waals surface area contributed by atoms with Gasteiger partial charge in [-0.25, -0.2) is 9.78 Å². The van der Waals surface area contributed by atoms with E-state index >= 15 is 0 Å². The van der Waals surface area contributed by atoms with Crippen LogP contribution < -0.4 is 10.9 Å². The maximum Gasteiger partial charge on any atom is 0.408 e. The lowest BCUT2D eigenvalue weighted by Gasteiger charge is -2.23. The zero-order valence-corrected chi connectivity index (χ0v) is 17.4. The number of alkyl carbamates (subject to hydrolysis) is 1. The average Bonchev–Trinajstić information content (AvgIpc) is 2.58. The predicted octanol–water partition coefficient (Wildman–Crippen LogP) is 3.89. The first-order valence-corrected chi connectivity index (χ1v) is 9.27. The first-order chi connectivity index (χ1) is 13.1. The topological polar surface area (TPSA) is 85.6 Å². The molecule has 0 spiro atoms. The molecule has 1 amide bonds. The summed E-state index contributed by atoms with van der Waals surface area (Å²) in [6.07, 6.45) is 4.55. The summed E-state index contributed by atoms with van der Waals surface area (Å²) in [5.74, 6) is 0.406. The highest BCUT2D eigenvalue weighted by atomic mass is 35.5. The van der Waals surface area contributed by atoms with Crippen molar-refractivity contribution in [2.24, 2.45) is 4.99 Å². The fraction of sp³-hybridized carbons (Fsp3) is 0.400. The monoisotopic (exact) mass is 404 g/mol. The number of nitrogens with zero attached hydrogens (tertiary/aromatic N) is 3. The first-order valence-electron chi connectivity index (χ1n) is 8.90. The molecular formula is C20H25ClN4O3. The Morgan fingerprint density at radius 1 is 1.43 bits per heavy atom. The average molecular weight is 405 g/mol. The number of nitrogens with one attached hydrogen (secondary N) is 1. The molecule has 0 unspecified atom stereocenters. The van der Waals surface area contributed by atoms with Crippen molar-refractivity contribution in [1.82, 2.24) is 14.9 Å². The number of carbonyl (C=O) groups excluding carboxylic acids is 1. The third-order valence-electron chi connectivity index (χ3n) is 3.74. The van der Waals surface area contributed by atoms with Crippen molar-refractivity contribution in [3.8, 4) is 0 Å². The fourth-order valence-electron chi connectivity index (χ4n) is 2.61. The number of hydrogen-bond donors (Lipinski definition) is 1. The molecule has 0 aliphatic rings. The molecule has 0 fully saturated rings. The Labute approximate surface area is 169 Å². The van der Waals surface area contributed by atoms with Crippen molar-refractivity contribution in [1.29, 1.82) is 0 Å². The number of rotatable bonds is 5. The van der Waals surface area contributed by atoms with Crippen LogP contribution in [0.3, 0.4) is 0 Å². The van der Waals surface area contributed by atoms with E-state index in [0.29, 0.717) is 21.7 Å². The van der Waals surface area contributed by atoms with Gasteiger partial charge < -0.3 is 10.1 Å². The summed E-state index contributed by atoms with van der Waals surface area (Å²) in [4.78, 5) is 33.7. The molecule has 0 radical (unpaired) electrons. The van der Waals surface area contributed by atoms with E-state index in [9.17, 15) is 9.59 Å². The number of carbonyl (C=O) groups is 1. The summed E-state index contributed by atoms with van der Waals surface area (Å²) >= 11 is 6.22. The lowest BCUT2D eigenvalue weighted by molar-refractivity contribution is 0.0505. The largest absolute Gasteiger partial charge is 0.444 e. The molecule has 0 saturated heterocycles. The molecular weight excluding hydrogens is 380 g/mol. The zero-order valence-electron chi connectivity index (χ0n) is 16.7. The Morgan fingerprint density at radius 3 is 2.79 bits per heavy atom. The number of halogens is 1. The van der Waals surface area contributed by atoms with Crippen LogP contribution in [0.15, 0.2) is 40.1 Å². The van der Waals surface area contributed by atoms with E-state index in [0.717, 1.165) is 0 Å². The van der Waals surface area contributed by atoms with Gasteiger partial charge in [-0.3, -0.25) is 14.4 Å². The zero-order chi connectivity index (χ0) is 20.9. The Morgan fingerprint density at radius 2 is 2.14 bits per heavy atom. The number of amides is 1. The van der Waals surface area contributed by atoms with Crippen LogP contribution in [-0.2, 0) is 11.3 Å². The molecule has 1 aromatic carbocycles. The first kappa shape index (κ1) is 21.6. The number of ether oxygens (including phenoxy) is 1. The molecule has 1 aromatic heterocycles. The number of allylic oxidation sites excluding steroid dienone is 2. The lowest BCUT2D eigenvalue weighted by atomic mass is 10.2. The smallest absolute Gasteiger partial charge is 0.408 e. The fourth-order valence-corrected chi connectivity index (χ4v) is 2.86. The molecule has 2 aromatic rings. The second-order valence-electron chi connectivity index (χ2n) is 7.22. The standard InChI is InChI=1S/C20H25ClN4O3/c1-13(23-19(27)28-20(2,3)4)17-24-15-10-8-9-14(21)16(15)18(26)25(17)12-7-6-11-22-5/h6-11,13H,12H2,1-5H3,(H,23,27)/b7-6-,22-11-/t13-/m0/s1. The SMILES string of the molecule is C/N=C\C=C/Cn1c([C@H](C)NC(=O)OC(C)(C)C)nc2cccc(Cl)c2c1=O. The molecule has 0 bridgehead atoms. The molecule has 150 valence electrons. The van der Waals surface area contributed by atoms with Crippen molar-refractivity contribution in [2.45, 2.75) is 45.9 Å². The van der Waals surface area contributed by atoms with Gasteiger partial charge in [-0.1, -0.05) is 23.7 Å². The Bertz CT molecular complexity index is 974. The van der Waals surface area contributed by atoms with Crippen LogP contribution in [0.4, 0.5) is 4.79 Å². The lowest BCUT2D eigenvalue weighted by Crippen LogP contribution is -2.37. The van der Waals surface area contributed by atoms with Crippen molar-refractivity contribution >= 4 is 34.8 Å². The third-order valence-corrected chi connectivity index (χ3v) is 4.06. The summed E-state index contributed by atoms with van der Waals surface area (Å²) in [5, 5.41) is 3.41. The van der Waals surface area contributed by atoms with E-state index in [4.69, 9.17) is 16.3 Å². The third kappa shape index (κ3) is 5.42. The molecule has 8 heteroatoms. The summed E-state index contributed by atoms with van der Waals surface area (Å²) in [7, 11) is 1.66. The summed E-state index contributed by atoms with van der Waals surface area (Å²) < 4.78 is 6.78. The minimum absolute atomic E-state index is 0.259. The van der Waals surface area contributed by atoms with Crippen LogP contribution in [0.5, 0.6) is 0 Å². The normalized spacial score (nSPS) is 13.4. The molecule has 1 atom stereocenters. The second kappa shape index (κ2) is 9.01. The van der Waals surface area contributed by atoms with Crippen LogP contribution in [-0.4, -0.2) is 34.5 Å². The molecule has 1 N–H and O–H groups in total. The molecule has 2 rings (SSSR count). The number of aromatic nitrogens is 2. The number of hydrogen-bond acceptors (Lipinski definition) is 5. The van der Waals surface area contributed by atoms with Gasteiger partial charge in [0.05, 0.1) is 22.0 Å². The molecule has 28 heavy (non-hydrogen) atoms. The van der Waals surface area contributed by atoms with E-state index in [1.54, 1.807) is 71.3 Å². The van der Waals surface area contributed by atoms with E-state index in [-0.39, 0.29) is 12.1 Å². The minimum atomic E-state index is -0.629. The van der Waals surface area contributed by atoms with Gasteiger partial charge in [-0.15, -0.1) is 0 Å². The summed E-state index contributed by atoms with van der Waals surface area (Å²) in [6, 6.07) is 4.54. The molecule has 7 nitrogen and oxygen atoms in total. The van der Waals surface area contributed by atoms with Crippen molar-refractivity contribution < 1.29 is 9.53 Å².